The van der Waals surface area contributed by atoms with Gasteiger partial charge in [0.1, 0.15) is 11.2 Å². The Hall–Kier alpha value is -1.46. The summed E-state index contributed by atoms with van der Waals surface area (Å²) in [5, 5.41) is 11.7. The predicted octanol–water partition coefficient (Wildman–Crippen LogP) is 0.773. The van der Waals surface area contributed by atoms with Crippen LogP contribution in [0.4, 0.5) is 10.1 Å². The Balaban J connectivity index is 2.07. The lowest BCUT2D eigenvalue weighted by molar-refractivity contribution is -0.164. The summed E-state index contributed by atoms with van der Waals surface area (Å²) in [5.41, 5.74) is -0.489. The van der Waals surface area contributed by atoms with Crippen molar-refractivity contribution in [2.24, 2.45) is 5.41 Å². The first kappa shape index (κ1) is 11.0. The quantitative estimate of drug-likeness (QED) is 0.799. The Morgan fingerprint density at radius 1 is 1.56 bits per heavy atom. The van der Waals surface area contributed by atoms with Gasteiger partial charge in [-0.15, -0.1) is 0 Å². The molecule has 1 amide bonds. The molecule has 2 rings (SSSR count). The van der Waals surface area contributed by atoms with E-state index in [2.05, 4.69) is 5.32 Å². The van der Waals surface area contributed by atoms with Gasteiger partial charge in [-0.3, -0.25) is 4.79 Å². The molecule has 0 unspecified atom stereocenters. The first-order chi connectivity index (χ1) is 7.66. The van der Waals surface area contributed by atoms with Gasteiger partial charge in [-0.25, -0.2) is 4.39 Å². The Labute approximate surface area is 92.0 Å². The second kappa shape index (κ2) is 4.19. The second-order valence-electron chi connectivity index (χ2n) is 3.90. The van der Waals surface area contributed by atoms with E-state index in [1.807, 2.05) is 0 Å². The van der Waals surface area contributed by atoms with Crippen LogP contribution in [0.1, 0.15) is 0 Å². The summed E-state index contributed by atoms with van der Waals surface area (Å²) in [6, 6.07) is 5.62. The van der Waals surface area contributed by atoms with Crippen molar-refractivity contribution in [3.63, 3.8) is 0 Å². The van der Waals surface area contributed by atoms with E-state index in [4.69, 9.17) is 9.84 Å². The van der Waals surface area contributed by atoms with Crippen molar-refractivity contribution in [2.45, 2.75) is 0 Å². The molecule has 1 aromatic carbocycles. The van der Waals surface area contributed by atoms with Crippen LogP contribution in [0.15, 0.2) is 24.3 Å². The zero-order chi connectivity index (χ0) is 11.6. The van der Waals surface area contributed by atoms with Gasteiger partial charge in [0.15, 0.2) is 0 Å². The van der Waals surface area contributed by atoms with Crippen LogP contribution in [0.5, 0.6) is 0 Å². The fourth-order valence-electron chi connectivity index (χ4n) is 1.47. The molecular weight excluding hydrogens is 213 g/mol. The molecule has 0 radical (unpaired) electrons. The van der Waals surface area contributed by atoms with Gasteiger partial charge in [-0.1, -0.05) is 6.07 Å². The lowest BCUT2D eigenvalue weighted by Gasteiger charge is -2.37. The van der Waals surface area contributed by atoms with Crippen molar-refractivity contribution >= 4 is 11.6 Å². The van der Waals surface area contributed by atoms with Crippen molar-refractivity contribution in [1.82, 2.24) is 0 Å². The number of anilines is 1. The van der Waals surface area contributed by atoms with Gasteiger partial charge >= 0.3 is 0 Å². The first-order valence-corrected chi connectivity index (χ1v) is 4.92. The molecule has 1 aromatic rings. The minimum absolute atomic E-state index is 0.199. The summed E-state index contributed by atoms with van der Waals surface area (Å²) in [6.07, 6.45) is 0. The predicted molar refractivity (Wildman–Crippen MR) is 55.4 cm³/mol. The number of rotatable bonds is 3. The van der Waals surface area contributed by atoms with E-state index in [0.29, 0.717) is 5.69 Å². The SMILES string of the molecule is O=C(Nc1cccc(F)c1)C1(CO)COC1. The summed E-state index contributed by atoms with van der Waals surface area (Å²) in [6.45, 7) is 0.128. The number of amides is 1. The second-order valence-corrected chi connectivity index (χ2v) is 3.90. The number of aliphatic hydroxyl groups excluding tert-OH is 1. The zero-order valence-electron chi connectivity index (χ0n) is 8.57. The highest BCUT2D eigenvalue weighted by atomic mass is 19.1. The third-order valence-electron chi connectivity index (χ3n) is 2.62. The van der Waals surface area contributed by atoms with E-state index < -0.39 is 11.2 Å². The van der Waals surface area contributed by atoms with Gasteiger partial charge in [0, 0.05) is 5.69 Å². The number of ether oxygens (including phenoxy) is 1. The largest absolute Gasteiger partial charge is 0.395 e. The van der Waals surface area contributed by atoms with Crippen LogP contribution in [0.25, 0.3) is 0 Å². The number of carbonyl (C=O) groups excluding carboxylic acids is 1. The maximum Gasteiger partial charge on any atom is 0.237 e. The average molecular weight is 225 g/mol. The topological polar surface area (TPSA) is 58.6 Å². The number of carbonyl (C=O) groups is 1. The molecule has 86 valence electrons. The van der Waals surface area contributed by atoms with Gasteiger partial charge in [-0.05, 0) is 18.2 Å². The molecule has 0 atom stereocenters. The molecule has 1 saturated heterocycles. The molecule has 0 saturated carbocycles. The molecule has 1 heterocycles. The molecule has 5 heteroatoms. The zero-order valence-corrected chi connectivity index (χ0v) is 8.57. The van der Waals surface area contributed by atoms with Crippen LogP contribution < -0.4 is 5.32 Å². The summed E-state index contributed by atoms with van der Waals surface area (Å²) in [7, 11) is 0. The Morgan fingerprint density at radius 2 is 2.31 bits per heavy atom. The number of halogens is 1. The number of hydrogen-bond acceptors (Lipinski definition) is 3. The maximum absolute atomic E-state index is 12.9. The van der Waals surface area contributed by atoms with Crippen LogP contribution in [-0.4, -0.2) is 30.8 Å². The summed E-state index contributed by atoms with van der Waals surface area (Å²) in [4.78, 5) is 11.8. The fourth-order valence-corrected chi connectivity index (χ4v) is 1.47. The molecular formula is C11H12FNO3. The van der Waals surface area contributed by atoms with Gasteiger partial charge in [0.2, 0.25) is 5.91 Å². The van der Waals surface area contributed by atoms with Crippen molar-refractivity contribution in [1.29, 1.82) is 0 Å². The molecule has 2 N–H and O–H groups in total. The standard InChI is InChI=1S/C11H12FNO3/c12-8-2-1-3-9(4-8)13-10(15)11(5-14)6-16-7-11/h1-4,14H,5-7H2,(H,13,15). The Bertz CT molecular complexity index is 398. The van der Waals surface area contributed by atoms with Crippen LogP contribution in [0.2, 0.25) is 0 Å². The van der Waals surface area contributed by atoms with E-state index in [1.165, 1.54) is 18.2 Å². The summed E-state index contributed by atoms with van der Waals surface area (Å²) in [5.74, 6) is -0.757. The fraction of sp³-hybridized carbons (Fsp3) is 0.364. The van der Waals surface area contributed by atoms with Crippen molar-refractivity contribution in [2.75, 3.05) is 25.1 Å². The smallest absolute Gasteiger partial charge is 0.237 e. The molecule has 0 aliphatic carbocycles. The minimum atomic E-state index is -0.869. The molecule has 1 aliphatic heterocycles. The Kier molecular flexibility index (Phi) is 2.89. The molecule has 0 aromatic heterocycles. The van der Waals surface area contributed by atoms with Crippen LogP contribution in [0, 0.1) is 11.2 Å². The number of aliphatic hydroxyl groups is 1. The van der Waals surface area contributed by atoms with E-state index >= 15 is 0 Å². The minimum Gasteiger partial charge on any atom is -0.395 e. The lowest BCUT2D eigenvalue weighted by Crippen LogP contribution is -2.54. The number of hydrogen-bond donors (Lipinski definition) is 2. The van der Waals surface area contributed by atoms with E-state index in [0.717, 1.165) is 0 Å². The lowest BCUT2D eigenvalue weighted by atomic mass is 9.86. The third kappa shape index (κ3) is 1.91. The van der Waals surface area contributed by atoms with Crippen LogP contribution >= 0.6 is 0 Å². The summed E-state index contributed by atoms with van der Waals surface area (Å²) >= 11 is 0. The van der Waals surface area contributed by atoms with Gasteiger partial charge < -0.3 is 15.2 Å². The monoisotopic (exact) mass is 225 g/mol. The average Bonchev–Trinajstić information content (AvgIpc) is 2.16. The highest BCUT2D eigenvalue weighted by Gasteiger charge is 2.45. The number of nitrogens with one attached hydrogen (secondary N) is 1. The van der Waals surface area contributed by atoms with Gasteiger partial charge in [0.05, 0.1) is 19.8 Å². The molecule has 0 bridgehead atoms. The maximum atomic E-state index is 12.9. The summed E-state index contributed by atoms with van der Waals surface area (Å²) < 4.78 is 17.8. The molecule has 1 aliphatic rings. The van der Waals surface area contributed by atoms with E-state index in [-0.39, 0.29) is 25.7 Å². The molecule has 0 spiro atoms. The number of benzene rings is 1. The van der Waals surface area contributed by atoms with Gasteiger partial charge in [-0.2, -0.15) is 0 Å². The molecule has 4 nitrogen and oxygen atoms in total. The first-order valence-electron chi connectivity index (χ1n) is 4.92. The van der Waals surface area contributed by atoms with Crippen LogP contribution in [0.3, 0.4) is 0 Å². The molecule has 16 heavy (non-hydrogen) atoms. The van der Waals surface area contributed by atoms with Crippen molar-refractivity contribution in [3.8, 4) is 0 Å². The van der Waals surface area contributed by atoms with E-state index in [9.17, 15) is 9.18 Å². The van der Waals surface area contributed by atoms with Crippen molar-refractivity contribution in [3.05, 3.63) is 30.1 Å². The third-order valence-corrected chi connectivity index (χ3v) is 2.62. The van der Waals surface area contributed by atoms with E-state index in [1.54, 1.807) is 6.07 Å². The highest BCUT2D eigenvalue weighted by Crippen LogP contribution is 2.28. The Morgan fingerprint density at radius 3 is 2.81 bits per heavy atom. The normalized spacial score (nSPS) is 17.6. The van der Waals surface area contributed by atoms with Gasteiger partial charge in [0.25, 0.3) is 0 Å². The van der Waals surface area contributed by atoms with Crippen molar-refractivity contribution < 1.29 is 19.0 Å². The van der Waals surface area contributed by atoms with Crippen LogP contribution in [-0.2, 0) is 9.53 Å². The highest BCUT2D eigenvalue weighted by molar-refractivity contribution is 5.96. The molecule has 1 fully saturated rings.